The minimum atomic E-state index is -1.61. The van der Waals surface area contributed by atoms with Crippen LogP contribution in [0.25, 0.3) is 0 Å². The first kappa shape index (κ1) is 31.7. The largest absolute Gasteiger partial charge is 0.466 e. The summed E-state index contributed by atoms with van der Waals surface area (Å²) in [5.74, 6) is -3.32. The van der Waals surface area contributed by atoms with Gasteiger partial charge in [0.05, 0.1) is 44.2 Å². The lowest BCUT2D eigenvalue weighted by molar-refractivity contribution is -0.137. The zero-order chi connectivity index (χ0) is 32.0. The Kier molecular flexibility index (Phi) is 8.67. The molecule has 0 spiro atoms. The number of methoxy groups -OCH3 is 1. The number of likely N-dealkylation sites (tertiary alicyclic amines) is 1. The first-order valence-corrected chi connectivity index (χ1v) is 14.4. The lowest BCUT2D eigenvalue weighted by atomic mass is 9.81. The molecule has 1 aromatic carbocycles. The monoisotopic (exact) mass is 635 g/mol. The summed E-state index contributed by atoms with van der Waals surface area (Å²) in [6.45, 7) is 8.42. The molecule has 2 aromatic rings. The van der Waals surface area contributed by atoms with Crippen molar-refractivity contribution >= 4 is 29.5 Å². The van der Waals surface area contributed by atoms with Crippen molar-refractivity contribution in [1.29, 1.82) is 0 Å². The molecule has 5 rings (SSSR count). The molecule has 44 heavy (non-hydrogen) atoms. The van der Waals surface area contributed by atoms with Crippen molar-refractivity contribution in [3.05, 3.63) is 75.5 Å². The Morgan fingerprint density at radius 2 is 1.93 bits per heavy atom. The minimum Gasteiger partial charge on any atom is -0.466 e. The van der Waals surface area contributed by atoms with Gasteiger partial charge in [-0.1, -0.05) is 17.7 Å². The number of rotatable bonds is 5. The number of nitrogens with zero attached hydrogens (tertiary/aromatic N) is 4. The van der Waals surface area contributed by atoms with Crippen molar-refractivity contribution < 1.29 is 37.0 Å². The van der Waals surface area contributed by atoms with Crippen molar-refractivity contribution in [2.45, 2.75) is 51.0 Å². The number of hydrogen-bond acceptors (Lipinski definition) is 9. The molecule has 0 unspecified atom stereocenters. The number of esters is 1. The number of carbonyl (C=O) groups excluding carboxylic acids is 2. The van der Waals surface area contributed by atoms with Crippen molar-refractivity contribution in [3.63, 3.8) is 0 Å². The van der Waals surface area contributed by atoms with Gasteiger partial charge in [-0.25, -0.2) is 32.7 Å². The molecule has 0 radical (unpaired) electrons. The molecule has 0 saturated carbocycles. The molecule has 1 N–H and O–H groups in total. The van der Waals surface area contributed by atoms with Gasteiger partial charge in [0.25, 0.3) is 0 Å². The Hall–Kier alpha value is -3.68. The van der Waals surface area contributed by atoms with Crippen LogP contribution in [0.2, 0.25) is 5.02 Å². The van der Waals surface area contributed by atoms with Gasteiger partial charge in [-0.05, 0) is 39.8 Å². The number of halogens is 4. The van der Waals surface area contributed by atoms with E-state index in [4.69, 9.17) is 25.8 Å². The van der Waals surface area contributed by atoms with Gasteiger partial charge in [0.15, 0.2) is 11.7 Å². The molecule has 3 aliphatic rings. The lowest BCUT2D eigenvalue weighted by Crippen LogP contribution is -2.53. The third-order valence-corrected chi connectivity index (χ3v) is 8.01. The van der Waals surface area contributed by atoms with Crippen molar-refractivity contribution in [3.8, 4) is 0 Å². The van der Waals surface area contributed by atoms with Gasteiger partial charge < -0.3 is 24.4 Å². The van der Waals surface area contributed by atoms with Gasteiger partial charge in [-0.2, -0.15) is 0 Å². The van der Waals surface area contributed by atoms with E-state index in [1.54, 1.807) is 32.6 Å². The number of ether oxygens (including phenoxy) is 3. The number of pyridine rings is 1. The standard InChI is InChI=1S/C30H33ClF3N5O5/c1-29(2,3)44-28(41)39-14-22-23(15-39)43-9-8-38(22)13-21-24(27(40)42-5)30(4,18-7-6-16(32)10-19(18)31)37-26(36-21)25-20(34)11-17(33)12-35-25/h6-7,10-12,22-23H,8-9,13-15H2,1-5H3,(H,36,37)/t22-,23-,30+/m0/s1. The molecule has 1 aromatic heterocycles. The van der Waals surface area contributed by atoms with Crippen LogP contribution in [0.5, 0.6) is 0 Å². The van der Waals surface area contributed by atoms with Crippen LogP contribution < -0.4 is 5.32 Å². The van der Waals surface area contributed by atoms with Crippen LogP contribution in [0.4, 0.5) is 18.0 Å². The van der Waals surface area contributed by atoms with Crippen LogP contribution in [0.15, 0.2) is 46.7 Å². The molecule has 0 aliphatic carbocycles. The average Bonchev–Trinajstić information content (AvgIpc) is 3.37. The Bertz CT molecular complexity index is 1550. The van der Waals surface area contributed by atoms with Crippen molar-refractivity contribution in [2.75, 3.05) is 39.9 Å². The maximum atomic E-state index is 15.1. The maximum Gasteiger partial charge on any atom is 0.410 e. The second-order valence-electron chi connectivity index (χ2n) is 11.9. The summed E-state index contributed by atoms with van der Waals surface area (Å²) in [7, 11) is 1.21. The van der Waals surface area contributed by atoms with Crippen LogP contribution in [0.3, 0.4) is 0 Å². The second-order valence-corrected chi connectivity index (χ2v) is 12.4. The van der Waals surface area contributed by atoms with E-state index < -0.39 is 40.7 Å². The van der Waals surface area contributed by atoms with Gasteiger partial charge in [-0.15, -0.1) is 0 Å². The highest BCUT2D eigenvalue weighted by atomic mass is 35.5. The first-order chi connectivity index (χ1) is 20.7. The molecule has 10 nitrogen and oxygen atoms in total. The number of benzene rings is 1. The summed E-state index contributed by atoms with van der Waals surface area (Å²) in [5, 5.41) is 3.02. The van der Waals surface area contributed by atoms with E-state index in [9.17, 15) is 18.4 Å². The zero-order valence-corrected chi connectivity index (χ0v) is 25.7. The number of amides is 1. The summed E-state index contributed by atoms with van der Waals surface area (Å²) in [5.41, 5.74) is -2.01. The molecular formula is C30H33ClF3N5O5. The van der Waals surface area contributed by atoms with E-state index in [0.717, 1.165) is 12.3 Å². The smallest absolute Gasteiger partial charge is 0.410 e. The summed E-state index contributed by atoms with van der Waals surface area (Å²) in [6, 6.07) is 4.05. The summed E-state index contributed by atoms with van der Waals surface area (Å²) in [6.07, 6.45) is 0.0521. The van der Waals surface area contributed by atoms with E-state index in [1.165, 1.54) is 19.2 Å². The Morgan fingerprint density at radius 3 is 2.59 bits per heavy atom. The molecule has 0 bridgehead atoms. The lowest BCUT2D eigenvalue weighted by Gasteiger charge is -2.40. The van der Waals surface area contributed by atoms with Gasteiger partial charge in [-0.3, -0.25) is 4.90 Å². The fourth-order valence-electron chi connectivity index (χ4n) is 5.76. The van der Waals surface area contributed by atoms with Crippen molar-refractivity contribution in [1.82, 2.24) is 20.1 Å². The fraction of sp³-hybridized carbons (Fsp3) is 0.467. The quantitative estimate of drug-likeness (QED) is 0.489. The number of morpholine rings is 1. The molecule has 1 amide bonds. The molecule has 2 saturated heterocycles. The average molecular weight is 636 g/mol. The highest BCUT2D eigenvalue weighted by molar-refractivity contribution is 6.31. The predicted octanol–water partition coefficient (Wildman–Crippen LogP) is 4.16. The first-order valence-electron chi connectivity index (χ1n) is 14.0. The molecule has 3 atom stereocenters. The molecular weight excluding hydrogens is 603 g/mol. The number of nitrogens with one attached hydrogen (secondary N) is 1. The highest BCUT2D eigenvalue weighted by Crippen LogP contribution is 2.42. The Morgan fingerprint density at radius 1 is 1.18 bits per heavy atom. The molecule has 4 heterocycles. The fourth-order valence-corrected chi connectivity index (χ4v) is 6.11. The van der Waals surface area contributed by atoms with Gasteiger partial charge in [0, 0.05) is 42.0 Å². The number of aromatic nitrogens is 1. The SMILES string of the molecule is COC(=O)C1=C(CN2CCO[C@H]3CN(C(=O)OC(C)(C)C)C[C@@H]32)NC(c2ncc(F)cc2F)=N[C@]1(C)c1ccc(F)cc1Cl. The summed E-state index contributed by atoms with van der Waals surface area (Å²) >= 11 is 6.50. The minimum absolute atomic E-state index is 0.0268. The van der Waals surface area contributed by atoms with Gasteiger partial charge in [0.2, 0.25) is 0 Å². The highest BCUT2D eigenvalue weighted by Gasteiger charge is 2.47. The molecule has 236 valence electrons. The Balaban J connectivity index is 1.58. The van der Waals surface area contributed by atoms with Crippen LogP contribution in [-0.4, -0.2) is 90.3 Å². The molecule has 2 fully saturated rings. The van der Waals surface area contributed by atoms with Crippen LogP contribution in [0.1, 0.15) is 39.0 Å². The number of carbonyl (C=O) groups is 2. The number of fused-ring (bicyclic) bond motifs is 1. The summed E-state index contributed by atoms with van der Waals surface area (Å²) < 4.78 is 59.7. The molecule has 3 aliphatic heterocycles. The van der Waals surface area contributed by atoms with E-state index >= 15 is 4.39 Å². The summed E-state index contributed by atoms with van der Waals surface area (Å²) in [4.78, 5) is 38.5. The second kappa shape index (κ2) is 12.0. The van der Waals surface area contributed by atoms with Gasteiger partial charge in [0.1, 0.15) is 28.5 Å². The third kappa shape index (κ3) is 6.26. The van der Waals surface area contributed by atoms with Crippen LogP contribution in [0, 0.1) is 17.5 Å². The van der Waals surface area contributed by atoms with Crippen LogP contribution >= 0.6 is 11.6 Å². The number of hydrogen-bond donors (Lipinski definition) is 1. The van der Waals surface area contributed by atoms with E-state index in [1.807, 2.05) is 4.90 Å². The normalized spacial score (nSPS) is 24.0. The molecule has 14 heteroatoms. The third-order valence-electron chi connectivity index (χ3n) is 7.70. The predicted molar refractivity (Wildman–Crippen MR) is 155 cm³/mol. The van der Waals surface area contributed by atoms with E-state index in [0.29, 0.717) is 32.3 Å². The van der Waals surface area contributed by atoms with Crippen LogP contribution in [-0.2, 0) is 24.5 Å². The Labute approximate surface area is 257 Å². The van der Waals surface area contributed by atoms with Crippen molar-refractivity contribution in [2.24, 2.45) is 4.99 Å². The topological polar surface area (TPSA) is 106 Å². The van der Waals surface area contributed by atoms with E-state index in [2.05, 4.69) is 15.3 Å². The zero-order valence-electron chi connectivity index (χ0n) is 24.9. The number of amidine groups is 1. The van der Waals surface area contributed by atoms with Gasteiger partial charge >= 0.3 is 12.1 Å². The maximum absolute atomic E-state index is 15.1. The number of aliphatic imine (C=N–C) groups is 1. The van der Waals surface area contributed by atoms with E-state index in [-0.39, 0.29) is 52.1 Å².